The maximum atomic E-state index is 12.2. The number of carbonyl (C=O) groups is 1. The Morgan fingerprint density at radius 3 is 2.32 bits per heavy atom. The molecule has 3 rings (SSSR count). The summed E-state index contributed by atoms with van der Waals surface area (Å²) < 4.78 is 1.95. The fraction of sp³-hybridized carbons (Fsp3) is 0.250. The molecule has 28 heavy (non-hydrogen) atoms. The first-order valence-electron chi connectivity index (χ1n) is 8.77. The first kappa shape index (κ1) is 20.4. The number of halogens is 1. The maximum Gasteiger partial charge on any atom is 0.235 e. The molecule has 0 saturated carbocycles. The smallest absolute Gasteiger partial charge is 0.235 e. The van der Waals surface area contributed by atoms with Crippen LogP contribution in [0.3, 0.4) is 0 Å². The lowest BCUT2D eigenvalue weighted by atomic mass is 10.1. The number of primary amides is 1. The van der Waals surface area contributed by atoms with E-state index in [1.807, 2.05) is 85.1 Å². The largest absolute Gasteiger partial charge is 0.368 e. The number of hydrogen-bond acceptors (Lipinski definition) is 5. The molecule has 146 valence electrons. The number of nitrogens with two attached hydrogens (primary N) is 1. The molecule has 0 fully saturated rings. The van der Waals surface area contributed by atoms with Crippen molar-refractivity contribution in [3.8, 4) is 5.69 Å². The zero-order valence-electron chi connectivity index (χ0n) is 15.9. The summed E-state index contributed by atoms with van der Waals surface area (Å²) in [6.07, 6.45) is 0. The molecule has 0 saturated heterocycles. The Labute approximate surface area is 173 Å². The molecule has 0 aliphatic carbocycles. The third-order valence-corrected chi connectivity index (χ3v) is 5.94. The Morgan fingerprint density at radius 2 is 1.75 bits per heavy atom. The summed E-state index contributed by atoms with van der Waals surface area (Å²) in [5.41, 5.74) is 7.40. The van der Waals surface area contributed by atoms with E-state index in [9.17, 15) is 4.79 Å². The van der Waals surface area contributed by atoms with Crippen molar-refractivity contribution in [1.82, 2.24) is 19.7 Å². The van der Waals surface area contributed by atoms with Gasteiger partial charge in [-0.15, -0.1) is 10.2 Å². The number of nitrogens with zero attached hydrogens (tertiary/aromatic N) is 4. The number of benzene rings is 2. The summed E-state index contributed by atoms with van der Waals surface area (Å²) in [6.45, 7) is 2.05. The molecular formula is C20H22ClN5OS. The zero-order chi connectivity index (χ0) is 20.3. The van der Waals surface area contributed by atoms with Crippen LogP contribution in [-0.2, 0) is 4.79 Å². The molecule has 0 bridgehead atoms. The molecule has 6 nitrogen and oxygen atoms in total. The molecule has 2 aromatic carbocycles. The van der Waals surface area contributed by atoms with Gasteiger partial charge in [0.25, 0.3) is 0 Å². The second-order valence-corrected chi connectivity index (χ2v) is 8.11. The third kappa shape index (κ3) is 4.38. The molecule has 1 aromatic heterocycles. The van der Waals surface area contributed by atoms with E-state index >= 15 is 0 Å². The Hall–Kier alpha value is -2.35. The van der Waals surface area contributed by atoms with Gasteiger partial charge in [-0.05, 0) is 50.8 Å². The zero-order valence-corrected chi connectivity index (χ0v) is 17.5. The Morgan fingerprint density at radius 1 is 1.11 bits per heavy atom. The fourth-order valence-electron chi connectivity index (χ4n) is 2.72. The van der Waals surface area contributed by atoms with E-state index in [1.54, 1.807) is 0 Å². The lowest BCUT2D eigenvalue weighted by Crippen LogP contribution is -2.21. The van der Waals surface area contributed by atoms with Gasteiger partial charge in [-0.3, -0.25) is 14.3 Å². The highest BCUT2D eigenvalue weighted by Gasteiger charge is 2.26. The van der Waals surface area contributed by atoms with Crippen LogP contribution in [0.4, 0.5) is 0 Å². The van der Waals surface area contributed by atoms with E-state index in [0.29, 0.717) is 10.2 Å². The normalized spacial score (nSPS) is 13.5. The van der Waals surface area contributed by atoms with Crippen molar-refractivity contribution in [2.24, 2.45) is 5.73 Å². The van der Waals surface area contributed by atoms with Crippen LogP contribution in [0.25, 0.3) is 5.69 Å². The third-order valence-electron chi connectivity index (χ3n) is 4.48. The molecule has 2 N–H and O–H groups in total. The predicted molar refractivity (Wildman–Crippen MR) is 113 cm³/mol. The first-order valence-corrected chi connectivity index (χ1v) is 10.0. The van der Waals surface area contributed by atoms with E-state index in [4.69, 9.17) is 17.3 Å². The summed E-state index contributed by atoms with van der Waals surface area (Å²) in [7, 11) is 3.96. The van der Waals surface area contributed by atoms with Crippen LogP contribution in [0.15, 0.2) is 59.8 Å². The van der Waals surface area contributed by atoms with E-state index in [1.165, 1.54) is 11.8 Å². The molecule has 0 aliphatic heterocycles. The number of thioether (sulfide) groups is 1. The molecule has 3 aromatic rings. The number of carbonyl (C=O) groups excluding carboxylic acids is 1. The maximum absolute atomic E-state index is 12.2. The number of hydrogen-bond donors (Lipinski definition) is 1. The van der Waals surface area contributed by atoms with Gasteiger partial charge in [0.05, 0.1) is 6.04 Å². The molecule has 0 radical (unpaired) electrons. The SMILES string of the molecule is CC(c1nnc(SC(C(N)=O)c2ccccc2)n1-c1ccc(Cl)cc1)N(C)C. The van der Waals surface area contributed by atoms with Gasteiger partial charge in [0.1, 0.15) is 5.25 Å². The minimum absolute atomic E-state index is 0.0151. The quantitative estimate of drug-likeness (QED) is 0.593. The van der Waals surface area contributed by atoms with Crippen LogP contribution >= 0.6 is 23.4 Å². The first-order chi connectivity index (χ1) is 13.4. The summed E-state index contributed by atoms with van der Waals surface area (Å²) in [5, 5.41) is 9.45. The Bertz CT molecular complexity index is 943. The second-order valence-electron chi connectivity index (χ2n) is 6.60. The average molecular weight is 416 g/mol. The highest BCUT2D eigenvalue weighted by atomic mass is 35.5. The van der Waals surface area contributed by atoms with E-state index in [0.717, 1.165) is 17.1 Å². The van der Waals surface area contributed by atoms with Crippen LogP contribution in [0.1, 0.15) is 29.6 Å². The summed E-state index contributed by atoms with van der Waals surface area (Å²) in [5.74, 6) is 0.343. The van der Waals surface area contributed by atoms with E-state index in [-0.39, 0.29) is 6.04 Å². The standard InChI is InChI=1S/C20H22ClN5OS/c1-13(25(2)3)19-23-24-20(26(19)16-11-9-15(21)10-12-16)28-17(18(22)27)14-7-5-4-6-8-14/h4-13,17H,1-3H3,(H2,22,27). The van der Waals surface area contributed by atoms with Gasteiger partial charge in [0.2, 0.25) is 5.91 Å². The van der Waals surface area contributed by atoms with Crippen LogP contribution in [0.5, 0.6) is 0 Å². The molecule has 8 heteroatoms. The van der Waals surface area contributed by atoms with Gasteiger partial charge >= 0.3 is 0 Å². The van der Waals surface area contributed by atoms with Crippen molar-refractivity contribution in [2.45, 2.75) is 23.4 Å². The summed E-state index contributed by atoms with van der Waals surface area (Å²) >= 11 is 7.35. The molecule has 0 spiro atoms. The monoisotopic (exact) mass is 415 g/mol. The number of amides is 1. The van der Waals surface area contributed by atoms with E-state index < -0.39 is 11.2 Å². The Balaban J connectivity index is 2.07. The predicted octanol–water partition coefficient (Wildman–Crippen LogP) is 3.86. The van der Waals surface area contributed by atoms with Crippen LogP contribution < -0.4 is 5.73 Å². The fourth-order valence-corrected chi connectivity index (χ4v) is 3.85. The number of rotatable bonds is 7. The van der Waals surface area contributed by atoms with Crippen LogP contribution in [0, 0.1) is 0 Å². The topological polar surface area (TPSA) is 77.0 Å². The highest BCUT2D eigenvalue weighted by molar-refractivity contribution is 8.00. The van der Waals surface area contributed by atoms with Crippen molar-refractivity contribution in [3.05, 3.63) is 71.0 Å². The van der Waals surface area contributed by atoms with Crippen molar-refractivity contribution < 1.29 is 4.79 Å². The average Bonchev–Trinajstić information content (AvgIpc) is 3.10. The minimum atomic E-state index is -0.570. The molecule has 2 unspecified atom stereocenters. The van der Waals surface area contributed by atoms with Crippen molar-refractivity contribution >= 4 is 29.3 Å². The lowest BCUT2D eigenvalue weighted by molar-refractivity contribution is -0.117. The lowest BCUT2D eigenvalue weighted by Gasteiger charge is -2.21. The second kappa shape index (κ2) is 8.77. The highest BCUT2D eigenvalue weighted by Crippen LogP contribution is 2.36. The van der Waals surface area contributed by atoms with Gasteiger partial charge in [0.15, 0.2) is 11.0 Å². The molecule has 1 amide bonds. The number of aromatic nitrogens is 3. The minimum Gasteiger partial charge on any atom is -0.368 e. The molecule has 0 aliphatic rings. The molecule has 1 heterocycles. The van der Waals surface area contributed by atoms with Crippen molar-refractivity contribution in [2.75, 3.05) is 14.1 Å². The van der Waals surface area contributed by atoms with Crippen LogP contribution in [0.2, 0.25) is 5.02 Å². The van der Waals surface area contributed by atoms with Gasteiger partial charge in [-0.2, -0.15) is 0 Å². The van der Waals surface area contributed by atoms with Gasteiger partial charge < -0.3 is 5.73 Å². The van der Waals surface area contributed by atoms with Gasteiger partial charge in [-0.25, -0.2) is 0 Å². The van der Waals surface area contributed by atoms with Gasteiger partial charge in [0, 0.05) is 10.7 Å². The van der Waals surface area contributed by atoms with E-state index in [2.05, 4.69) is 10.2 Å². The van der Waals surface area contributed by atoms with Crippen molar-refractivity contribution in [3.63, 3.8) is 0 Å². The van der Waals surface area contributed by atoms with Gasteiger partial charge in [-0.1, -0.05) is 53.7 Å². The van der Waals surface area contributed by atoms with Crippen LogP contribution in [-0.4, -0.2) is 39.7 Å². The summed E-state index contributed by atoms with van der Waals surface area (Å²) in [4.78, 5) is 14.2. The summed E-state index contributed by atoms with van der Waals surface area (Å²) in [6, 6.07) is 16.9. The Kier molecular flexibility index (Phi) is 6.39. The van der Waals surface area contributed by atoms with Crippen molar-refractivity contribution in [1.29, 1.82) is 0 Å². The molecule has 2 atom stereocenters. The molecular weight excluding hydrogens is 394 g/mol.